The molecular weight excluding hydrogens is 280 g/mol. The van der Waals surface area contributed by atoms with Gasteiger partial charge in [-0.05, 0) is 0 Å². The van der Waals surface area contributed by atoms with Gasteiger partial charge in [0, 0.05) is 52.7 Å². The van der Waals surface area contributed by atoms with Crippen LogP contribution < -0.4 is 10.0 Å². The largest absolute Gasteiger partial charge is 0.314 e. The second kappa shape index (κ2) is 7.11. The highest BCUT2D eigenvalue weighted by molar-refractivity contribution is 7.89. The summed E-state index contributed by atoms with van der Waals surface area (Å²) in [5, 5.41) is 7.35. The van der Waals surface area contributed by atoms with Crippen LogP contribution in [-0.2, 0) is 23.5 Å². The van der Waals surface area contributed by atoms with Crippen LogP contribution in [0.3, 0.4) is 0 Å². The molecule has 8 nitrogen and oxygen atoms in total. The third-order valence-electron chi connectivity index (χ3n) is 3.20. The van der Waals surface area contributed by atoms with Crippen molar-refractivity contribution < 1.29 is 8.42 Å². The van der Waals surface area contributed by atoms with E-state index in [0.29, 0.717) is 25.3 Å². The summed E-state index contributed by atoms with van der Waals surface area (Å²) in [6.45, 7) is 4.60. The molecule has 2 N–H and O–H groups in total. The number of nitrogens with zero attached hydrogens (tertiary/aromatic N) is 4. The van der Waals surface area contributed by atoms with Gasteiger partial charge in [-0.3, -0.25) is 9.58 Å². The van der Waals surface area contributed by atoms with Gasteiger partial charge in [0.05, 0.1) is 5.75 Å². The van der Waals surface area contributed by atoms with Crippen LogP contribution in [0.15, 0.2) is 6.33 Å². The van der Waals surface area contributed by atoms with E-state index >= 15 is 0 Å². The van der Waals surface area contributed by atoms with Crippen molar-refractivity contribution in [3.8, 4) is 0 Å². The van der Waals surface area contributed by atoms with E-state index in [0.717, 1.165) is 26.2 Å². The molecule has 1 fully saturated rings. The molecule has 0 bridgehead atoms. The van der Waals surface area contributed by atoms with Crippen LogP contribution >= 0.6 is 0 Å². The van der Waals surface area contributed by atoms with Crippen molar-refractivity contribution >= 4 is 10.0 Å². The van der Waals surface area contributed by atoms with Gasteiger partial charge in [-0.2, -0.15) is 5.10 Å². The van der Waals surface area contributed by atoms with Crippen LogP contribution in [0.2, 0.25) is 0 Å². The fourth-order valence-electron chi connectivity index (χ4n) is 2.07. The highest BCUT2D eigenvalue weighted by Crippen LogP contribution is 1.95. The van der Waals surface area contributed by atoms with Gasteiger partial charge in [0.15, 0.2) is 5.82 Å². The predicted octanol–water partition coefficient (Wildman–Crippen LogP) is -1.82. The van der Waals surface area contributed by atoms with Gasteiger partial charge in [0.2, 0.25) is 10.0 Å². The predicted molar refractivity (Wildman–Crippen MR) is 75.8 cm³/mol. The third-order valence-corrected chi connectivity index (χ3v) is 4.57. The van der Waals surface area contributed by atoms with Crippen LogP contribution in [0.4, 0.5) is 0 Å². The Morgan fingerprint density at radius 3 is 2.80 bits per heavy atom. The minimum absolute atomic E-state index is 0.142. The van der Waals surface area contributed by atoms with Crippen LogP contribution in [0.5, 0.6) is 0 Å². The maximum atomic E-state index is 11.9. The maximum absolute atomic E-state index is 11.9. The van der Waals surface area contributed by atoms with Crippen molar-refractivity contribution in [3.05, 3.63) is 12.2 Å². The van der Waals surface area contributed by atoms with Crippen molar-refractivity contribution in [2.45, 2.75) is 6.42 Å². The zero-order valence-corrected chi connectivity index (χ0v) is 12.6. The Bertz CT molecular complexity index is 509. The normalized spacial score (nSPS) is 17.4. The summed E-state index contributed by atoms with van der Waals surface area (Å²) in [4.78, 5) is 6.22. The minimum atomic E-state index is -3.22. The summed E-state index contributed by atoms with van der Waals surface area (Å²) < 4.78 is 27.9. The molecule has 2 rings (SSSR count). The molecule has 0 radical (unpaired) electrons. The Labute approximate surface area is 119 Å². The van der Waals surface area contributed by atoms with E-state index in [-0.39, 0.29) is 5.75 Å². The molecule has 0 amide bonds. The Morgan fingerprint density at radius 1 is 1.40 bits per heavy atom. The lowest BCUT2D eigenvalue weighted by Crippen LogP contribution is -2.46. The molecule has 1 aromatic rings. The number of sulfonamides is 1. The molecule has 1 aliphatic rings. The first-order valence-electron chi connectivity index (χ1n) is 6.80. The first kappa shape index (κ1) is 15.4. The summed E-state index contributed by atoms with van der Waals surface area (Å²) in [5.41, 5.74) is 0. The number of hydrogen-bond acceptors (Lipinski definition) is 6. The molecule has 20 heavy (non-hydrogen) atoms. The molecular formula is C11H22N6O2S. The van der Waals surface area contributed by atoms with E-state index in [1.54, 1.807) is 18.1 Å². The van der Waals surface area contributed by atoms with Crippen molar-refractivity contribution in [2.24, 2.45) is 7.05 Å². The second-order valence-corrected chi connectivity index (χ2v) is 6.82. The van der Waals surface area contributed by atoms with Crippen molar-refractivity contribution in [2.75, 3.05) is 45.0 Å². The maximum Gasteiger partial charge on any atom is 0.212 e. The Balaban J connectivity index is 1.67. The monoisotopic (exact) mass is 302 g/mol. The minimum Gasteiger partial charge on any atom is -0.314 e. The van der Waals surface area contributed by atoms with Crippen molar-refractivity contribution in [3.63, 3.8) is 0 Å². The molecule has 0 aromatic carbocycles. The lowest BCUT2D eigenvalue weighted by atomic mass is 10.4. The lowest BCUT2D eigenvalue weighted by Gasteiger charge is -2.26. The van der Waals surface area contributed by atoms with Gasteiger partial charge in [0.25, 0.3) is 0 Å². The summed E-state index contributed by atoms with van der Waals surface area (Å²) >= 11 is 0. The SMILES string of the molecule is Cn1cnc(CCNS(=O)(=O)CCN2CCNCC2)n1. The lowest BCUT2D eigenvalue weighted by molar-refractivity contribution is 0.253. The first-order chi connectivity index (χ1) is 9.55. The number of hydrogen-bond donors (Lipinski definition) is 2. The third kappa shape index (κ3) is 5.16. The Morgan fingerprint density at radius 2 is 2.15 bits per heavy atom. The van der Waals surface area contributed by atoms with Gasteiger partial charge in [0.1, 0.15) is 6.33 Å². The molecule has 0 atom stereocenters. The van der Waals surface area contributed by atoms with Gasteiger partial charge < -0.3 is 5.32 Å². The molecule has 2 heterocycles. The van der Waals surface area contributed by atoms with Gasteiger partial charge in [-0.1, -0.05) is 0 Å². The van der Waals surface area contributed by atoms with E-state index in [1.807, 2.05) is 0 Å². The van der Waals surface area contributed by atoms with E-state index in [9.17, 15) is 8.42 Å². The van der Waals surface area contributed by atoms with Gasteiger partial charge >= 0.3 is 0 Å². The molecule has 9 heteroatoms. The fraction of sp³-hybridized carbons (Fsp3) is 0.818. The molecule has 0 saturated carbocycles. The Hall–Kier alpha value is -1.03. The number of aryl methyl sites for hydroxylation is 1. The number of rotatable bonds is 7. The molecule has 0 unspecified atom stereocenters. The summed E-state index contributed by atoms with van der Waals surface area (Å²) in [5.74, 6) is 0.792. The zero-order chi connectivity index (χ0) is 14.4. The number of piperazine rings is 1. The molecule has 114 valence electrons. The van der Waals surface area contributed by atoms with E-state index in [2.05, 4.69) is 25.0 Å². The quantitative estimate of drug-likeness (QED) is 0.616. The van der Waals surface area contributed by atoms with E-state index in [1.165, 1.54) is 0 Å². The number of nitrogens with one attached hydrogen (secondary N) is 2. The van der Waals surface area contributed by atoms with Crippen LogP contribution in [-0.4, -0.2) is 73.1 Å². The Kier molecular flexibility index (Phi) is 5.46. The number of aromatic nitrogens is 3. The smallest absolute Gasteiger partial charge is 0.212 e. The summed E-state index contributed by atoms with van der Waals surface area (Å²) in [6, 6.07) is 0. The van der Waals surface area contributed by atoms with Crippen LogP contribution in [0.1, 0.15) is 5.82 Å². The first-order valence-corrected chi connectivity index (χ1v) is 8.45. The molecule has 1 aromatic heterocycles. The average Bonchev–Trinajstić information content (AvgIpc) is 2.83. The van der Waals surface area contributed by atoms with Gasteiger partial charge in [-0.15, -0.1) is 0 Å². The topological polar surface area (TPSA) is 92.2 Å². The van der Waals surface area contributed by atoms with Crippen LogP contribution in [0, 0.1) is 0 Å². The highest BCUT2D eigenvalue weighted by atomic mass is 32.2. The average molecular weight is 302 g/mol. The standard InChI is InChI=1S/C11H22N6O2S/c1-16-10-13-11(15-16)2-3-14-20(18,19)9-8-17-6-4-12-5-7-17/h10,12,14H,2-9H2,1H3. The fourth-order valence-corrected chi connectivity index (χ4v) is 3.13. The zero-order valence-electron chi connectivity index (χ0n) is 11.7. The molecule has 0 spiro atoms. The molecule has 0 aliphatic carbocycles. The summed E-state index contributed by atoms with van der Waals surface area (Å²) in [6.07, 6.45) is 2.11. The second-order valence-electron chi connectivity index (χ2n) is 4.89. The van der Waals surface area contributed by atoms with Crippen molar-refractivity contribution in [1.82, 2.24) is 29.7 Å². The molecule has 1 aliphatic heterocycles. The molecule has 1 saturated heterocycles. The van der Waals surface area contributed by atoms with Crippen molar-refractivity contribution in [1.29, 1.82) is 0 Å². The van der Waals surface area contributed by atoms with E-state index in [4.69, 9.17) is 0 Å². The summed E-state index contributed by atoms with van der Waals surface area (Å²) in [7, 11) is -1.43. The van der Waals surface area contributed by atoms with Gasteiger partial charge in [-0.25, -0.2) is 18.1 Å². The highest BCUT2D eigenvalue weighted by Gasteiger charge is 2.15. The van der Waals surface area contributed by atoms with Crippen LogP contribution in [0.25, 0.3) is 0 Å². The van der Waals surface area contributed by atoms with E-state index < -0.39 is 10.0 Å².